The van der Waals surface area contributed by atoms with Crippen molar-refractivity contribution in [2.24, 2.45) is 0 Å². The fourth-order valence-corrected chi connectivity index (χ4v) is 3.55. The van der Waals surface area contributed by atoms with Crippen LogP contribution in [0.15, 0.2) is 24.3 Å². The highest BCUT2D eigenvalue weighted by atomic mass is 32.2. The Hall–Kier alpha value is -1.27. The molecule has 1 rings (SSSR count). The molecule has 3 atom stereocenters. The molecule has 0 amide bonds. The average Bonchev–Trinajstić information content (AvgIpc) is 2.45. The van der Waals surface area contributed by atoms with Crippen LogP contribution in [0.1, 0.15) is 42.6 Å². The number of halogens is 1. The van der Waals surface area contributed by atoms with Crippen LogP contribution >= 0.6 is 0 Å². The SMILES string of the molecule is CCCC(CS(=O)O)(c1ccc(C(=O)OC)cc1)C(C)F. The molecule has 6 heteroatoms. The molecule has 0 radical (unpaired) electrons. The van der Waals surface area contributed by atoms with Crippen LogP contribution in [-0.2, 0) is 21.2 Å². The Bertz CT molecular complexity index is 501. The molecule has 0 aromatic heterocycles. The van der Waals surface area contributed by atoms with E-state index in [1.807, 2.05) is 6.92 Å². The number of esters is 1. The van der Waals surface area contributed by atoms with E-state index in [1.54, 1.807) is 24.3 Å². The van der Waals surface area contributed by atoms with Crippen LogP contribution in [0.4, 0.5) is 4.39 Å². The number of ether oxygens (including phenoxy) is 1. The van der Waals surface area contributed by atoms with Gasteiger partial charge in [0.25, 0.3) is 0 Å². The van der Waals surface area contributed by atoms with E-state index in [0.717, 1.165) is 0 Å². The molecule has 118 valence electrons. The molecule has 3 unspecified atom stereocenters. The Morgan fingerprint density at radius 2 is 2.00 bits per heavy atom. The number of methoxy groups -OCH3 is 1. The zero-order valence-electron chi connectivity index (χ0n) is 12.5. The van der Waals surface area contributed by atoms with E-state index >= 15 is 0 Å². The fraction of sp³-hybridized carbons (Fsp3) is 0.533. The van der Waals surface area contributed by atoms with Gasteiger partial charge in [-0.15, -0.1) is 0 Å². The van der Waals surface area contributed by atoms with E-state index in [1.165, 1.54) is 14.0 Å². The van der Waals surface area contributed by atoms with Gasteiger partial charge in [-0.1, -0.05) is 25.5 Å². The first-order chi connectivity index (χ1) is 9.87. The Kier molecular flexibility index (Phi) is 6.48. The van der Waals surface area contributed by atoms with Gasteiger partial charge in [0.2, 0.25) is 0 Å². The first-order valence-electron chi connectivity index (χ1n) is 6.77. The van der Waals surface area contributed by atoms with Crippen LogP contribution in [0, 0.1) is 0 Å². The van der Waals surface area contributed by atoms with Crippen LogP contribution in [-0.4, -0.2) is 33.8 Å². The van der Waals surface area contributed by atoms with Gasteiger partial charge in [-0.3, -0.25) is 0 Å². The molecule has 0 saturated heterocycles. The summed E-state index contributed by atoms with van der Waals surface area (Å²) in [6, 6.07) is 6.36. The Labute approximate surface area is 127 Å². The highest BCUT2D eigenvalue weighted by molar-refractivity contribution is 7.79. The highest BCUT2D eigenvalue weighted by Crippen LogP contribution is 2.36. The van der Waals surface area contributed by atoms with Gasteiger partial charge in [0, 0.05) is 5.41 Å². The smallest absolute Gasteiger partial charge is 0.337 e. The van der Waals surface area contributed by atoms with E-state index < -0.39 is 28.6 Å². The Balaban J connectivity index is 3.24. The quantitative estimate of drug-likeness (QED) is 0.620. The van der Waals surface area contributed by atoms with Crippen molar-refractivity contribution in [3.05, 3.63) is 35.4 Å². The van der Waals surface area contributed by atoms with Gasteiger partial charge in [-0.25, -0.2) is 13.4 Å². The van der Waals surface area contributed by atoms with Crippen molar-refractivity contribution in [2.75, 3.05) is 12.9 Å². The second-order valence-corrected chi connectivity index (χ2v) is 5.99. The molecular formula is C15H21FO4S. The molecule has 21 heavy (non-hydrogen) atoms. The van der Waals surface area contributed by atoms with Gasteiger partial charge < -0.3 is 9.29 Å². The molecule has 0 heterocycles. The summed E-state index contributed by atoms with van der Waals surface area (Å²) in [5.74, 6) is -0.641. The minimum atomic E-state index is -2.10. The van der Waals surface area contributed by atoms with Gasteiger partial charge in [-0.2, -0.15) is 0 Å². The lowest BCUT2D eigenvalue weighted by Crippen LogP contribution is -2.40. The van der Waals surface area contributed by atoms with Gasteiger partial charge in [0.15, 0.2) is 11.1 Å². The first kappa shape index (κ1) is 17.8. The maximum atomic E-state index is 14.2. The molecule has 0 spiro atoms. The van der Waals surface area contributed by atoms with Gasteiger partial charge >= 0.3 is 5.97 Å². The lowest BCUT2D eigenvalue weighted by molar-refractivity contribution is 0.0600. The summed E-state index contributed by atoms with van der Waals surface area (Å²) in [5.41, 5.74) is -0.0408. The molecule has 0 fully saturated rings. The predicted molar refractivity (Wildman–Crippen MR) is 80.6 cm³/mol. The molecule has 0 saturated carbocycles. The molecular weight excluding hydrogens is 295 g/mol. The molecule has 1 N–H and O–H groups in total. The third kappa shape index (κ3) is 4.11. The van der Waals surface area contributed by atoms with Gasteiger partial charge in [-0.05, 0) is 31.0 Å². The normalized spacial score (nSPS) is 16.8. The van der Waals surface area contributed by atoms with Crippen LogP contribution in [0.5, 0.6) is 0 Å². The maximum absolute atomic E-state index is 14.2. The number of alkyl halides is 1. The standard InChI is InChI=1S/C15H21FO4S/c1-4-9-15(11(2)16,10-21(18)19)13-7-5-12(6-8-13)14(17)20-3/h5-8,11H,4,9-10H2,1-3H3,(H,18,19). The third-order valence-corrected chi connectivity index (χ3v) is 4.48. The maximum Gasteiger partial charge on any atom is 0.337 e. The number of carbonyl (C=O) groups excluding carboxylic acids is 1. The third-order valence-electron chi connectivity index (χ3n) is 3.72. The zero-order valence-corrected chi connectivity index (χ0v) is 13.3. The number of hydrogen-bond donors (Lipinski definition) is 1. The zero-order chi connectivity index (χ0) is 16.0. The highest BCUT2D eigenvalue weighted by Gasteiger charge is 2.39. The Morgan fingerprint density at radius 3 is 2.38 bits per heavy atom. The second kappa shape index (κ2) is 7.66. The van der Waals surface area contributed by atoms with Crippen molar-refractivity contribution in [1.82, 2.24) is 0 Å². The van der Waals surface area contributed by atoms with Crippen molar-refractivity contribution < 1.29 is 22.7 Å². The van der Waals surface area contributed by atoms with Crippen LogP contribution in [0.25, 0.3) is 0 Å². The molecule has 0 aliphatic carbocycles. The molecule has 1 aromatic rings. The molecule has 0 bridgehead atoms. The topological polar surface area (TPSA) is 63.6 Å². The number of carbonyl (C=O) groups is 1. The van der Waals surface area contributed by atoms with Gasteiger partial charge in [0.1, 0.15) is 6.17 Å². The summed E-state index contributed by atoms with van der Waals surface area (Å²) < 4.78 is 39.4. The van der Waals surface area contributed by atoms with Crippen molar-refractivity contribution in [3.63, 3.8) is 0 Å². The van der Waals surface area contributed by atoms with Crippen molar-refractivity contribution in [2.45, 2.75) is 38.3 Å². The van der Waals surface area contributed by atoms with Crippen LogP contribution in [0.2, 0.25) is 0 Å². The summed E-state index contributed by atoms with van der Waals surface area (Å²) >= 11 is -2.10. The Morgan fingerprint density at radius 1 is 1.43 bits per heavy atom. The van der Waals surface area contributed by atoms with Crippen molar-refractivity contribution >= 4 is 17.0 Å². The van der Waals surface area contributed by atoms with E-state index in [4.69, 9.17) is 0 Å². The monoisotopic (exact) mass is 316 g/mol. The summed E-state index contributed by atoms with van der Waals surface area (Å²) in [4.78, 5) is 11.4. The molecule has 0 aliphatic rings. The van der Waals surface area contributed by atoms with E-state index in [0.29, 0.717) is 24.0 Å². The van der Waals surface area contributed by atoms with Crippen LogP contribution < -0.4 is 0 Å². The predicted octanol–water partition coefficient (Wildman–Crippen LogP) is 3.09. The molecule has 0 aliphatic heterocycles. The first-order valence-corrected chi connectivity index (χ1v) is 8.05. The fourth-order valence-electron chi connectivity index (χ4n) is 2.57. The molecule has 1 aromatic carbocycles. The largest absolute Gasteiger partial charge is 0.465 e. The number of hydrogen-bond acceptors (Lipinski definition) is 3. The summed E-state index contributed by atoms with van der Waals surface area (Å²) in [6.45, 7) is 3.30. The minimum absolute atomic E-state index is 0.171. The number of benzene rings is 1. The van der Waals surface area contributed by atoms with Crippen LogP contribution in [0.3, 0.4) is 0 Å². The summed E-state index contributed by atoms with van der Waals surface area (Å²) in [6.07, 6.45) is -0.142. The minimum Gasteiger partial charge on any atom is -0.465 e. The number of rotatable bonds is 7. The van der Waals surface area contributed by atoms with Gasteiger partial charge in [0.05, 0.1) is 18.4 Å². The van der Waals surface area contributed by atoms with E-state index in [-0.39, 0.29) is 5.75 Å². The van der Waals surface area contributed by atoms with Crippen molar-refractivity contribution in [1.29, 1.82) is 0 Å². The second-order valence-electron chi connectivity index (χ2n) is 5.06. The molecule has 4 nitrogen and oxygen atoms in total. The summed E-state index contributed by atoms with van der Waals surface area (Å²) in [5, 5.41) is 0. The average molecular weight is 316 g/mol. The lowest BCUT2D eigenvalue weighted by Gasteiger charge is -2.34. The summed E-state index contributed by atoms with van der Waals surface area (Å²) in [7, 11) is 1.29. The van der Waals surface area contributed by atoms with E-state index in [2.05, 4.69) is 4.74 Å². The van der Waals surface area contributed by atoms with E-state index in [9.17, 15) is 17.9 Å². The lowest BCUT2D eigenvalue weighted by atomic mass is 9.75. The van der Waals surface area contributed by atoms with Crippen molar-refractivity contribution in [3.8, 4) is 0 Å².